The normalized spacial score (nSPS) is 17.3. The van der Waals surface area contributed by atoms with Gasteiger partial charge in [-0.2, -0.15) is 0 Å². The van der Waals surface area contributed by atoms with Crippen LogP contribution >= 0.6 is 0 Å². The van der Waals surface area contributed by atoms with Gasteiger partial charge in [0.2, 0.25) is 0 Å². The first-order valence-electron chi connectivity index (χ1n) is 10.7. The van der Waals surface area contributed by atoms with Crippen LogP contribution < -0.4 is 4.74 Å². The molecule has 1 atom stereocenters. The molecule has 34 heavy (non-hydrogen) atoms. The van der Waals surface area contributed by atoms with Gasteiger partial charge in [0.05, 0.1) is 37.0 Å². The molecule has 0 aromatic heterocycles. The van der Waals surface area contributed by atoms with Crippen molar-refractivity contribution in [2.24, 2.45) is 0 Å². The summed E-state index contributed by atoms with van der Waals surface area (Å²) in [6, 6.07) is 9.66. The van der Waals surface area contributed by atoms with Crippen LogP contribution in [0.25, 0.3) is 5.76 Å². The van der Waals surface area contributed by atoms with Crippen molar-refractivity contribution in [3.8, 4) is 11.5 Å². The highest BCUT2D eigenvalue weighted by atomic mass is 16.5. The molecule has 1 amide bonds. The molecule has 0 spiro atoms. The number of hydrogen-bond donors (Lipinski definition) is 2. The van der Waals surface area contributed by atoms with E-state index in [-0.39, 0.29) is 23.4 Å². The molecule has 1 aliphatic heterocycles. The standard InChI is InChI=1S/C25H28N2O7/c1-26(2)12-5-13-27-21(15-6-8-16(9-7-15)25(32)34-4)20(23(30)24(27)31)22(29)18-11-10-17(33-3)14-19(18)28/h6-11,14,21,28-29H,5,12-13H2,1-4H3/t21-/m1/s1. The number of carbonyl (C=O) groups is 3. The summed E-state index contributed by atoms with van der Waals surface area (Å²) in [6.07, 6.45) is 0.602. The third kappa shape index (κ3) is 4.89. The number of methoxy groups -OCH3 is 2. The van der Waals surface area contributed by atoms with Crippen LogP contribution in [-0.2, 0) is 14.3 Å². The summed E-state index contributed by atoms with van der Waals surface area (Å²) >= 11 is 0. The molecular weight excluding hydrogens is 440 g/mol. The zero-order valence-electron chi connectivity index (χ0n) is 19.6. The Balaban J connectivity index is 2.12. The summed E-state index contributed by atoms with van der Waals surface area (Å²) in [7, 11) is 6.52. The average molecular weight is 469 g/mol. The number of esters is 1. The topological polar surface area (TPSA) is 117 Å². The number of aliphatic hydroxyl groups excluding tert-OH is 1. The van der Waals surface area contributed by atoms with Crippen molar-refractivity contribution >= 4 is 23.4 Å². The number of nitrogens with zero attached hydrogens (tertiary/aromatic N) is 2. The van der Waals surface area contributed by atoms with Gasteiger partial charge in [-0.1, -0.05) is 12.1 Å². The van der Waals surface area contributed by atoms with E-state index in [1.807, 2.05) is 19.0 Å². The maximum atomic E-state index is 13.1. The minimum atomic E-state index is -0.893. The molecule has 0 radical (unpaired) electrons. The number of rotatable bonds is 8. The monoisotopic (exact) mass is 468 g/mol. The fourth-order valence-corrected chi connectivity index (χ4v) is 3.92. The maximum absolute atomic E-state index is 13.1. The molecule has 0 aliphatic carbocycles. The van der Waals surface area contributed by atoms with Crippen LogP contribution in [0.1, 0.15) is 33.9 Å². The Labute approximate surface area is 197 Å². The minimum absolute atomic E-state index is 0.00303. The zero-order valence-corrected chi connectivity index (χ0v) is 19.6. The molecule has 9 nitrogen and oxygen atoms in total. The van der Waals surface area contributed by atoms with Gasteiger partial charge in [-0.3, -0.25) is 9.59 Å². The summed E-state index contributed by atoms with van der Waals surface area (Å²) in [5, 5.41) is 21.5. The molecule has 2 N–H and O–H groups in total. The number of hydrogen-bond acceptors (Lipinski definition) is 8. The van der Waals surface area contributed by atoms with E-state index in [9.17, 15) is 24.6 Å². The van der Waals surface area contributed by atoms with Crippen molar-refractivity contribution in [3.05, 3.63) is 64.7 Å². The number of aromatic hydroxyl groups is 1. The number of ketones is 1. The molecule has 9 heteroatoms. The second-order valence-corrected chi connectivity index (χ2v) is 8.15. The SMILES string of the molecule is COC(=O)c1ccc([C@@H]2C(=C(O)c3ccc(OC)cc3O)C(=O)C(=O)N2CCCN(C)C)cc1. The number of phenols is 1. The quantitative estimate of drug-likeness (QED) is 0.263. The first kappa shape index (κ1) is 24.8. The lowest BCUT2D eigenvalue weighted by atomic mass is 9.94. The molecule has 2 aromatic rings. The van der Waals surface area contributed by atoms with Gasteiger partial charge in [-0.25, -0.2) is 4.79 Å². The molecule has 2 aromatic carbocycles. The third-order valence-corrected chi connectivity index (χ3v) is 5.65. The Bertz CT molecular complexity index is 1120. The van der Waals surface area contributed by atoms with Crippen LogP contribution in [0.3, 0.4) is 0 Å². The summed E-state index contributed by atoms with van der Waals surface area (Å²) in [5.41, 5.74) is 0.708. The van der Waals surface area contributed by atoms with E-state index in [1.54, 1.807) is 12.1 Å². The minimum Gasteiger partial charge on any atom is -0.507 e. The molecule has 180 valence electrons. The van der Waals surface area contributed by atoms with Gasteiger partial charge < -0.3 is 29.5 Å². The van der Waals surface area contributed by atoms with E-state index < -0.39 is 29.5 Å². The number of phenolic OH excluding ortho intramolecular Hbond substituents is 1. The van der Waals surface area contributed by atoms with Gasteiger partial charge in [0.25, 0.3) is 11.7 Å². The van der Waals surface area contributed by atoms with Crippen LogP contribution in [0.2, 0.25) is 0 Å². The first-order valence-corrected chi connectivity index (χ1v) is 10.7. The Morgan fingerprint density at radius 1 is 1.09 bits per heavy atom. The van der Waals surface area contributed by atoms with Gasteiger partial charge in [0.1, 0.15) is 17.3 Å². The summed E-state index contributed by atoms with van der Waals surface area (Å²) in [6.45, 7) is 0.966. The van der Waals surface area contributed by atoms with E-state index in [2.05, 4.69) is 0 Å². The largest absolute Gasteiger partial charge is 0.507 e. The number of carbonyl (C=O) groups excluding carboxylic acids is 3. The molecule has 0 saturated carbocycles. The molecule has 1 saturated heterocycles. The highest BCUT2D eigenvalue weighted by Gasteiger charge is 2.46. The molecule has 1 heterocycles. The molecule has 1 fully saturated rings. The van der Waals surface area contributed by atoms with E-state index in [0.717, 1.165) is 0 Å². The van der Waals surface area contributed by atoms with Crippen molar-refractivity contribution in [3.63, 3.8) is 0 Å². The van der Waals surface area contributed by atoms with Crippen molar-refractivity contribution in [1.82, 2.24) is 9.80 Å². The fraction of sp³-hybridized carbons (Fsp3) is 0.320. The van der Waals surface area contributed by atoms with E-state index in [1.165, 1.54) is 49.5 Å². The van der Waals surface area contributed by atoms with Crippen molar-refractivity contribution in [1.29, 1.82) is 0 Å². The number of benzene rings is 2. The first-order chi connectivity index (χ1) is 16.2. The highest BCUT2D eigenvalue weighted by molar-refractivity contribution is 6.46. The number of aliphatic hydroxyl groups is 1. The highest BCUT2D eigenvalue weighted by Crippen LogP contribution is 2.41. The van der Waals surface area contributed by atoms with Gasteiger partial charge in [0, 0.05) is 12.6 Å². The molecule has 0 bridgehead atoms. The van der Waals surface area contributed by atoms with Crippen molar-refractivity contribution < 1.29 is 34.1 Å². The Kier molecular flexibility index (Phi) is 7.57. The van der Waals surface area contributed by atoms with Gasteiger partial charge in [0.15, 0.2) is 0 Å². The second kappa shape index (κ2) is 10.4. The molecular formula is C25H28N2O7. The summed E-state index contributed by atoms with van der Waals surface area (Å²) in [4.78, 5) is 41.3. The van der Waals surface area contributed by atoms with Gasteiger partial charge >= 0.3 is 5.97 Å². The Morgan fingerprint density at radius 2 is 1.76 bits per heavy atom. The molecule has 3 rings (SSSR count). The zero-order chi connectivity index (χ0) is 25.0. The Morgan fingerprint density at radius 3 is 2.32 bits per heavy atom. The Hall–Kier alpha value is -3.85. The van der Waals surface area contributed by atoms with Crippen LogP contribution in [0.4, 0.5) is 0 Å². The molecule has 0 unspecified atom stereocenters. The average Bonchev–Trinajstić information content (AvgIpc) is 3.08. The number of amides is 1. The fourth-order valence-electron chi connectivity index (χ4n) is 3.92. The van der Waals surface area contributed by atoms with Crippen LogP contribution in [0.15, 0.2) is 48.0 Å². The van der Waals surface area contributed by atoms with Gasteiger partial charge in [-0.05, 0) is 56.9 Å². The van der Waals surface area contributed by atoms with Gasteiger partial charge in [-0.15, -0.1) is 0 Å². The van der Waals surface area contributed by atoms with E-state index in [4.69, 9.17) is 9.47 Å². The number of likely N-dealkylation sites (tertiary alicyclic amines) is 1. The lowest BCUT2D eigenvalue weighted by Gasteiger charge is -2.26. The third-order valence-electron chi connectivity index (χ3n) is 5.65. The van der Waals surface area contributed by atoms with Crippen LogP contribution in [-0.4, -0.2) is 79.1 Å². The second-order valence-electron chi connectivity index (χ2n) is 8.15. The van der Waals surface area contributed by atoms with Crippen molar-refractivity contribution in [2.45, 2.75) is 12.5 Å². The van der Waals surface area contributed by atoms with E-state index in [0.29, 0.717) is 29.8 Å². The lowest BCUT2D eigenvalue weighted by molar-refractivity contribution is -0.139. The van der Waals surface area contributed by atoms with E-state index >= 15 is 0 Å². The van der Waals surface area contributed by atoms with Crippen molar-refractivity contribution in [2.75, 3.05) is 41.4 Å². The lowest BCUT2D eigenvalue weighted by Crippen LogP contribution is -2.32. The predicted molar refractivity (Wildman–Crippen MR) is 125 cm³/mol. The smallest absolute Gasteiger partial charge is 0.337 e. The van der Waals surface area contributed by atoms with Crippen LogP contribution in [0.5, 0.6) is 11.5 Å². The summed E-state index contributed by atoms with van der Waals surface area (Å²) in [5.74, 6) is -2.52. The number of ether oxygens (including phenoxy) is 2. The maximum Gasteiger partial charge on any atom is 0.337 e. The predicted octanol–water partition coefficient (Wildman–Crippen LogP) is 2.56. The number of Topliss-reactive ketones (excluding diaryl/α,β-unsaturated/α-hetero) is 1. The van der Waals surface area contributed by atoms with Crippen LogP contribution in [0, 0.1) is 0 Å². The molecule has 1 aliphatic rings. The summed E-state index contributed by atoms with van der Waals surface area (Å²) < 4.78 is 9.81.